The first kappa shape index (κ1) is 10.7. The van der Waals surface area contributed by atoms with Crippen molar-refractivity contribution in [1.29, 1.82) is 0 Å². The number of rotatable bonds is 3. The van der Waals surface area contributed by atoms with E-state index in [0.29, 0.717) is 11.5 Å². The maximum Gasteiger partial charge on any atom is 0.139 e. The van der Waals surface area contributed by atoms with Crippen LogP contribution in [0.1, 0.15) is 64.7 Å². The predicted octanol–water partition coefficient (Wildman–Crippen LogP) is 3.08. The highest BCUT2D eigenvalue weighted by Crippen LogP contribution is 2.43. The summed E-state index contributed by atoms with van der Waals surface area (Å²) in [6, 6.07) is 0.471. The van der Waals surface area contributed by atoms with Crippen LogP contribution in [-0.4, -0.2) is 14.8 Å². The second kappa shape index (κ2) is 3.95. The maximum absolute atomic E-state index is 4.38. The Morgan fingerprint density at radius 1 is 1.40 bits per heavy atom. The van der Waals surface area contributed by atoms with Crippen LogP contribution in [0.15, 0.2) is 6.33 Å². The molecular weight excluding hydrogens is 186 g/mol. The van der Waals surface area contributed by atoms with Gasteiger partial charge in [-0.2, -0.15) is 0 Å². The van der Waals surface area contributed by atoms with Gasteiger partial charge in [-0.05, 0) is 33.1 Å². The average molecular weight is 207 g/mol. The van der Waals surface area contributed by atoms with Gasteiger partial charge in [-0.25, -0.2) is 0 Å². The third-order valence-corrected chi connectivity index (χ3v) is 3.84. The molecule has 1 saturated carbocycles. The minimum atomic E-state index is 0.320. The zero-order valence-electron chi connectivity index (χ0n) is 10.0. The third kappa shape index (κ3) is 1.68. The zero-order chi connectivity index (χ0) is 10.9. The summed E-state index contributed by atoms with van der Waals surface area (Å²) in [5, 5.41) is 8.47. The summed E-state index contributed by atoms with van der Waals surface area (Å²) < 4.78 is 2.24. The van der Waals surface area contributed by atoms with Crippen molar-refractivity contribution in [1.82, 2.24) is 14.8 Å². The van der Waals surface area contributed by atoms with E-state index < -0.39 is 0 Å². The first-order valence-electron chi connectivity index (χ1n) is 6.09. The Kier molecular flexibility index (Phi) is 2.81. The molecule has 1 aliphatic rings. The molecule has 1 aromatic rings. The summed E-state index contributed by atoms with van der Waals surface area (Å²) in [6.45, 7) is 6.68. The molecule has 0 aromatic carbocycles. The van der Waals surface area contributed by atoms with Crippen LogP contribution in [0.25, 0.3) is 0 Å². The first-order chi connectivity index (χ1) is 7.19. The van der Waals surface area contributed by atoms with Crippen LogP contribution in [0.3, 0.4) is 0 Å². The Labute approximate surface area is 91.9 Å². The van der Waals surface area contributed by atoms with Crippen molar-refractivity contribution in [3.8, 4) is 0 Å². The molecule has 1 aromatic heterocycles. The Balaban J connectivity index is 2.38. The fourth-order valence-electron chi connectivity index (χ4n) is 2.79. The standard InChI is InChI=1S/C12H21N3/c1-4-12(7-5-6-8-12)11-14-13-9-15(11)10(2)3/h9-10H,4-8H2,1-3H3. The summed E-state index contributed by atoms with van der Waals surface area (Å²) in [5.74, 6) is 1.22. The molecule has 0 saturated heterocycles. The van der Waals surface area contributed by atoms with Crippen LogP contribution in [-0.2, 0) is 5.41 Å². The quantitative estimate of drug-likeness (QED) is 0.762. The second-order valence-corrected chi connectivity index (χ2v) is 5.00. The van der Waals surface area contributed by atoms with Gasteiger partial charge in [0.15, 0.2) is 0 Å². The van der Waals surface area contributed by atoms with Gasteiger partial charge in [0.05, 0.1) is 0 Å². The van der Waals surface area contributed by atoms with Crippen molar-refractivity contribution >= 4 is 0 Å². The van der Waals surface area contributed by atoms with E-state index in [1.807, 2.05) is 6.33 Å². The van der Waals surface area contributed by atoms with Gasteiger partial charge in [-0.3, -0.25) is 0 Å². The van der Waals surface area contributed by atoms with E-state index in [9.17, 15) is 0 Å². The van der Waals surface area contributed by atoms with Gasteiger partial charge in [-0.1, -0.05) is 19.8 Å². The Hall–Kier alpha value is -0.860. The van der Waals surface area contributed by atoms with E-state index in [0.717, 1.165) is 0 Å². The minimum Gasteiger partial charge on any atom is -0.315 e. The van der Waals surface area contributed by atoms with Crippen molar-refractivity contribution in [3.63, 3.8) is 0 Å². The molecule has 0 unspecified atom stereocenters. The largest absolute Gasteiger partial charge is 0.315 e. The molecule has 3 heteroatoms. The molecule has 0 amide bonds. The second-order valence-electron chi connectivity index (χ2n) is 5.00. The van der Waals surface area contributed by atoms with Crippen LogP contribution < -0.4 is 0 Å². The normalized spacial score (nSPS) is 20.0. The SMILES string of the molecule is CCC1(c2nncn2C(C)C)CCCC1. The Morgan fingerprint density at radius 3 is 2.60 bits per heavy atom. The van der Waals surface area contributed by atoms with Gasteiger partial charge < -0.3 is 4.57 Å². The lowest BCUT2D eigenvalue weighted by molar-refractivity contribution is 0.368. The summed E-state index contributed by atoms with van der Waals surface area (Å²) >= 11 is 0. The summed E-state index contributed by atoms with van der Waals surface area (Å²) in [5.41, 5.74) is 0.320. The van der Waals surface area contributed by atoms with Crippen LogP contribution in [0.5, 0.6) is 0 Å². The third-order valence-electron chi connectivity index (χ3n) is 3.84. The summed E-state index contributed by atoms with van der Waals surface area (Å²) in [6.07, 6.45) is 8.34. The van der Waals surface area contributed by atoms with Gasteiger partial charge in [0.2, 0.25) is 0 Å². The number of aromatic nitrogens is 3. The van der Waals surface area contributed by atoms with E-state index >= 15 is 0 Å². The molecule has 0 atom stereocenters. The monoisotopic (exact) mass is 207 g/mol. The molecule has 84 valence electrons. The summed E-state index contributed by atoms with van der Waals surface area (Å²) in [4.78, 5) is 0. The number of nitrogens with zero attached hydrogens (tertiary/aromatic N) is 3. The minimum absolute atomic E-state index is 0.320. The molecule has 0 N–H and O–H groups in total. The molecule has 0 aliphatic heterocycles. The number of hydrogen-bond acceptors (Lipinski definition) is 2. The van der Waals surface area contributed by atoms with E-state index in [2.05, 4.69) is 35.5 Å². The molecule has 0 radical (unpaired) electrons. The van der Waals surface area contributed by atoms with Crippen LogP contribution in [0.4, 0.5) is 0 Å². The van der Waals surface area contributed by atoms with Crippen LogP contribution >= 0.6 is 0 Å². The Bertz CT molecular complexity index is 321. The molecule has 2 rings (SSSR count). The van der Waals surface area contributed by atoms with Gasteiger partial charge in [0.1, 0.15) is 12.2 Å². The molecule has 0 spiro atoms. The smallest absolute Gasteiger partial charge is 0.139 e. The topological polar surface area (TPSA) is 30.7 Å². The van der Waals surface area contributed by atoms with Crippen molar-refractivity contribution < 1.29 is 0 Å². The van der Waals surface area contributed by atoms with Crippen LogP contribution in [0.2, 0.25) is 0 Å². The lowest BCUT2D eigenvalue weighted by atomic mass is 9.82. The first-order valence-corrected chi connectivity index (χ1v) is 6.09. The summed E-state index contributed by atoms with van der Waals surface area (Å²) in [7, 11) is 0. The number of hydrogen-bond donors (Lipinski definition) is 0. The van der Waals surface area contributed by atoms with E-state index in [-0.39, 0.29) is 0 Å². The maximum atomic E-state index is 4.38. The van der Waals surface area contributed by atoms with E-state index in [1.54, 1.807) is 0 Å². The molecule has 3 nitrogen and oxygen atoms in total. The fourth-order valence-corrected chi connectivity index (χ4v) is 2.79. The molecule has 1 heterocycles. The lowest BCUT2D eigenvalue weighted by Gasteiger charge is -2.27. The Morgan fingerprint density at radius 2 is 2.07 bits per heavy atom. The van der Waals surface area contributed by atoms with Crippen LogP contribution in [0, 0.1) is 0 Å². The van der Waals surface area contributed by atoms with Gasteiger partial charge >= 0.3 is 0 Å². The van der Waals surface area contributed by atoms with E-state index in [1.165, 1.54) is 37.9 Å². The van der Waals surface area contributed by atoms with Gasteiger partial charge in [0.25, 0.3) is 0 Å². The van der Waals surface area contributed by atoms with Crippen molar-refractivity contribution in [2.24, 2.45) is 0 Å². The van der Waals surface area contributed by atoms with E-state index in [4.69, 9.17) is 0 Å². The highest BCUT2D eigenvalue weighted by molar-refractivity contribution is 5.11. The highest BCUT2D eigenvalue weighted by Gasteiger charge is 2.38. The lowest BCUT2D eigenvalue weighted by Crippen LogP contribution is -2.26. The molecule has 1 fully saturated rings. The molecule has 1 aliphatic carbocycles. The van der Waals surface area contributed by atoms with Crippen molar-refractivity contribution in [2.75, 3.05) is 0 Å². The fraction of sp³-hybridized carbons (Fsp3) is 0.833. The zero-order valence-corrected chi connectivity index (χ0v) is 10.0. The van der Waals surface area contributed by atoms with Crippen molar-refractivity contribution in [3.05, 3.63) is 12.2 Å². The molecule has 15 heavy (non-hydrogen) atoms. The highest BCUT2D eigenvalue weighted by atomic mass is 15.3. The van der Waals surface area contributed by atoms with Gasteiger partial charge in [0, 0.05) is 11.5 Å². The molecular formula is C12H21N3. The average Bonchev–Trinajstić information content (AvgIpc) is 2.87. The van der Waals surface area contributed by atoms with Gasteiger partial charge in [-0.15, -0.1) is 10.2 Å². The van der Waals surface area contributed by atoms with Crippen molar-refractivity contribution in [2.45, 2.75) is 64.3 Å². The molecule has 0 bridgehead atoms. The predicted molar refractivity (Wildman–Crippen MR) is 60.8 cm³/mol.